The minimum Gasteiger partial charge on any atom is -0.378 e. The molecule has 1 aromatic carbocycles. The highest BCUT2D eigenvalue weighted by atomic mass is 15.2. The second-order valence-corrected chi connectivity index (χ2v) is 4.37. The van der Waals surface area contributed by atoms with Crippen molar-refractivity contribution in [2.24, 2.45) is 5.84 Å². The van der Waals surface area contributed by atoms with Crippen molar-refractivity contribution in [2.75, 3.05) is 19.0 Å². The molecule has 0 aliphatic rings. The molecule has 1 aromatic rings. The molecule has 0 saturated carbocycles. The summed E-state index contributed by atoms with van der Waals surface area (Å²) >= 11 is 0. The molecule has 0 aliphatic carbocycles. The van der Waals surface area contributed by atoms with Gasteiger partial charge in [0.15, 0.2) is 0 Å². The van der Waals surface area contributed by atoms with E-state index in [0.29, 0.717) is 0 Å². The maximum atomic E-state index is 5.55. The van der Waals surface area contributed by atoms with Crippen LogP contribution >= 0.6 is 0 Å². The van der Waals surface area contributed by atoms with Crippen LogP contribution in [0.2, 0.25) is 0 Å². The van der Waals surface area contributed by atoms with Gasteiger partial charge in [-0.05, 0) is 31.0 Å². The van der Waals surface area contributed by atoms with E-state index in [9.17, 15) is 0 Å². The average Bonchev–Trinajstić information content (AvgIpc) is 2.25. The van der Waals surface area contributed by atoms with Crippen LogP contribution in [-0.2, 0) is 0 Å². The summed E-state index contributed by atoms with van der Waals surface area (Å²) in [4.78, 5) is 2.08. The van der Waals surface area contributed by atoms with Crippen molar-refractivity contribution in [3.8, 4) is 0 Å². The van der Waals surface area contributed by atoms with Crippen molar-refractivity contribution in [1.82, 2.24) is 5.43 Å². The Morgan fingerprint density at radius 2 is 1.94 bits per heavy atom. The monoisotopic (exact) mass is 219 g/mol. The first kappa shape index (κ1) is 12.7. The molecule has 88 valence electrons. The first-order chi connectivity index (χ1) is 7.54. The van der Waals surface area contributed by atoms with Gasteiger partial charge in [-0.1, -0.05) is 17.7 Å². The maximum absolute atomic E-state index is 5.55. The first-order valence-corrected chi connectivity index (χ1v) is 5.42. The number of nitrogens with zero attached hydrogens (tertiary/aromatic N) is 1. The predicted molar refractivity (Wildman–Crippen MR) is 70.3 cm³/mol. The molecule has 3 nitrogen and oxygen atoms in total. The standard InChI is InChI=1S/C13H21N3/c1-10(2)9-13(15-14)11-5-7-12(8-6-11)16(3)4/h5-8,13,15H,1,9,14H2,2-4H3. The highest BCUT2D eigenvalue weighted by Gasteiger charge is 2.09. The lowest BCUT2D eigenvalue weighted by molar-refractivity contribution is 0.550. The lowest BCUT2D eigenvalue weighted by atomic mass is 10.0. The van der Waals surface area contributed by atoms with Crippen LogP contribution in [0.5, 0.6) is 0 Å². The number of anilines is 1. The molecule has 1 unspecified atom stereocenters. The molecule has 3 heteroatoms. The molecule has 0 saturated heterocycles. The first-order valence-electron chi connectivity index (χ1n) is 5.42. The van der Waals surface area contributed by atoms with Crippen LogP contribution in [0.25, 0.3) is 0 Å². The van der Waals surface area contributed by atoms with Gasteiger partial charge >= 0.3 is 0 Å². The summed E-state index contributed by atoms with van der Waals surface area (Å²) in [5.41, 5.74) is 6.33. The molecule has 0 aliphatic heterocycles. The van der Waals surface area contributed by atoms with E-state index in [1.165, 1.54) is 11.3 Å². The second kappa shape index (κ2) is 5.68. The smallest absolute Gasteiger partial charge is 0.0496 e. The molecule has 0 radical (unpaired) electrons. The molecule has 3 N–H and O–H groups in total. The topological polar surface area (TPSA) is 41.3 Å². The number of hydrogen-bond acceptors (Lipinski definition) is 3. The number of hydrazine groups is 1. The van der Waals surface area contributed by atoms with Gasteiger partial charge in [0, 0.05) is 25.8 Å². The summed E-state index contributed by atoms with van der Waals surface area (Å²) in [6, 6.07) is 8.54. The molecular weight excluding hydrogens is 198 g/mol. The normalized spacial score (nSPS) is 12.2. The molecule has 0 heterocycles. The van der Waals surface area contributed by atoms with Gasteiger partial charge in [-0.15, -0.1) is 6.58 Å². The molecule has 16 heavy (non-hydrogen) atoms. The van der Waals surface area contributed by atoms with E-state index in [-0.39, 0.29) is 6.04 Å². The Bertz CT molecular complexity index is 341. The highest BCUT2D eigenvalue weighted by Crippen LogP contribution is 2.21. The number of rotatable bonds is 5. The fourth-order valence-electron chi connectivity index (χ4n) is 1.63. The van der Waals surface area contributed by atoms with Crippen LogP contribution in [0, 0.1) is 0 Å². The third kappa shape index (κ3) is 3.36. The number of hydrogen-bond donors (Lipinski definition) is 2. The van der Waals surface area contributed by atoms with Crippen molar-refractivity contribution in [3.63, 3.8) is 0 Å². The zero-order chi connectivity index (χ0) is 12.1. The van der Waals surface area contributed by atoms with Crippen molar-refractivity contribution in [1.29, 1.82) is 0 Å². The van der Waals surface area contributed by atoms with Gasteiger partial charge in [0.2, 0.25) is 0 Å². The summed E-state index contributed by atoms with van der Waals surface area (Å²) < 4.78 is 0. The Morgan fingerprint density at radius 1 is 1.38 bits per heavy atom. The van der Waals surface area contributed by atoms with Crippen LogP contribution in [0.1, 0.15) is 24.9 Å². The summed E-state index contributed by atoms with van der Waals surface area (Å²) in [6.07, 6.45) is 0.859. The van der Waals surface area contributed by atoms with Crippen molar-refractivity contribution < 1.29 is 0 Å². The van der Waals surface area contributed by atoms with E-state index < -0.39 is 0 Å². The molecular formula is C13H21N3. The Morgan fingerprint density at radius 3 is 2.31 bits per heavy atom. The molecule has 0 spiro atoms. The minimum atomic E-state index is 0.147. The lowest BCUT2D eigenvalue weighted by Crippen LogP contribution is -2.28. The number of benzene rings is 1. The largest absolute Gasteiger partial charge is 0.378 e. The third-order valence-electron chi connectivity index (χ3n) is 2.57. The van der Waals surface area contributed by atoms with Crippen LogP contribution < -0.4 is 16.2 Å². The lowest BCUT2D eigenvalue weighted by Gasteiger charge is -2.18. The van der Waals surface area contributed by atoms with Crippen molar-refractivity contribution in [3.05, 3.63) is 42.0 Å². The van der Waals surface area contributed by atoms with Crippen LogP contribution in [0.3, 0.4) is 0 Å². The number of nitrogens with two attached hydrogens (primary N) is 1. The second-order valence-electron chi connectivity index (χ2n) is 4.37. The molecule has 1 rings (SSSR count). The van der Waals surface area contributed by atoms with Crippen LogP contribution in [-0.4, -0.2) is 14.1 Å². The predicted octanol–water partition coefficient (Wildman–Crippen LogP) is 2.22. The van der Waals surface area contributed by atoms with Crippen LogP contribution in [0.4, 0.5) is 5.69 Å². The quantitative estimate of drug-likeness (QED) is 0.453. The molecule has 0 aromatic heterocycles. The highest BCUT2D eigenvalue weighted by molar-refractivity contribution is 5.46. The number of nitrogens with one attached hydrogen (secondary N) is 1. The van der Waals surface area contributed by atoms with E-state index in [2.05, 4.69) is 41.2 Å². The zero-order valence-electron chi connectivity index (χ0n) is 10.3. The van der Waals surface area contributed by atoms with Gasteiger partial charge in [0.05, 0.1) is 0 Å². The summed E-state index contributed by atoms with van der Waals surface area (Å²) in [6.45, 7) is 5.92. The molecule has 0 bridgehead atoms. The van der Waals surface area contributed by atoms with Gasteiger partial charge in [-0.3, -0.25) is 11.3 Å². The molecule has 0 fully saturated rings. The van der Waals surface area contributed by atoms with Gasteiger partial charge in [-0.2, -0.15) is 0 Å². The minimum absolute atomic E-state index is 0.147. The van der Waals surface area contributed by atoms with E-state index in [4.69, 9.17) is 5.84 Å². The Balaban J connectivity index is 2.82. The Kier molecular flexibility index (Phi) is 4.52. The summed E-state index contributed by atoms with van der Waals surface area (Å²) in [7, 11) is 4.06. The SMILES string of the molecule is C=C(C)CC(NN)c1ccc(N(C)C)cc1. The summed E-state index contributed by atoms with van der Waals surface area (Å²) in [5, 5.41) is 0. The fraction of sp³-hybridized carbons (Fsp3) is 0.385. The average molecular weight is 219 g/mol. The Labute approximate surface area is 97.9 Å². The zero-order valence-corrected chi connectivity index (χ0v) is 10.3. The third-order valence-corrected chi connectivity index (χ3v) is 2.57. The molecule has 1 atom stereocenters. The Hall–Kier alpha value is -1.32. The van der Waals surface area contributed by atoms with Gasteiger partial charge < -0.3 is 4.90 Å². The van der Waals surface area contributed by atoms with Crippen molar-refractivity contribution in [2.45, 2.75) is 19.4 Å². The van der Waals surface area contributed by atoms with E-state index in [1.54, 1.807) is 0 Å². The van der Waals surface area contributed by atoms with E-state index in [0.717, 1.165) is 12.0 Å². The fourth-order valence-corrected chi connectivity index (χ4v) is 1.63. The van der Waals surface area contributed by atoms with Crippen molar-refractivity contribution >= 4 is 5.69 Å². The molecule has 0 amide bonds. The van der Waals surface area contributed by atoms with Gasteiger partial charge in [0.25, 0.3) is 0 Å². The van der Waals surface area contributed by atoms with E-state index >= 15 is 0 Å². The van der Waals surface area contributed by atoms with Crippen LogP contribution in [0.15, 0.2) is 36.4 Å². The summed E-state index contributed by atoms with van der Waals surface area (Å²) in [5.74, 6) is 5.55. The maximum Gasteiger partial charge on any atom is 0.0496 e. The van der Waals surface area contributed by atoms with Gasteiger partial charge in [0.1, 0.15) is 0 Å². The van der Waals surface area contributed by atoms with Gasteiger partial charge in [-0.25, -0.2) is 0 Å². The van der Waals surface area contributed by atoms with E-state index in [1.807, 2.05) is 21.0 Å².